The fourth-order valence-electron chi connectivity index (χ4n) is 2.63. The Morgan fingerprint density at radius 2 is 2.05 bits per heavy atom. The highest BCUT2D eigenvalue weighted by Crippen LogP contribution is 2.19. The van der Waals surface area contributed by atoms with Crippen LogP contribution in [0.4, 0.5) is 0 Å². The van der Waals surface area contributed by atoms with Gasteiger partial charge in [0.2, 0.25) is 10.0 Å². The van der Waals surface area contributed by atoms with Crippen LogP contribution in [0.2, 0.25) is 0 Å². The highest BCUT2D eigenvalue weighted by Gasteiger charge is 2.25. The summed E-state index contributed by atoms with van der Waals surface area (Å²) >= 11 is 0. The highest BCUT2D eigenvalue weighted by atomic mass is 32.2. The number of rotatable bonds is 5. The van der Waals surface area contributed by atoms with Gasteiger partial charge in [-0.05, 0) is 37.4 Å². The second-order valence-corrected chi connectivity index (χ2v) is 6.80. The van der Waals surface area contributed by atoms with Crippen LogP contribution in [0.5, 0.6) is 0 Å². The van der Waals surface area contributed by atoms with E-state index in [2.05, 4.69) is 17.0 Å². The maximum atomic E-state index is 12.1. The molecule has 0 bridgehead atoms. The Kier molecular flexibility index (Phi) is 4.96. The maximum Gasteiger partial charge on any atom is 0.240 e. The van der Waals surface area contributed by atoms with Gasteiger partial charge in [-0.3, -0.25) is 0 Å². The lowest BCUT2D eigenvalue weighted by Gasteiger charge is -2.32. The van der Waals surface area contributed by atoms with Crippen LogP contribution in [0.15, 0.2) is 35.2 Å². The largest absolute Gasteiger partial charge is 0.312 e. The minimum absolute atomic E-state index is 0.247. The van der Waals surface area contributed by atoms with E-state index in [9.17, 15) is 8.42 Å². The Morgan fingerprint density at radius 3 is 2.74 bits per heavy atom. The summed E-state index contributed by atoms with van der Waals surface area (Å²) in [6.07, 6.45) is 3.45. The molecule has 106 valence electrons. The molecule has 1 heterocycles. The SMILES string of the molecule is CCC1CCCNC1CNS(=O)(=O)c1ccccc1. The monoisotopic (exact) mass is 282 g/mol. The number of sulfonamides is 1. The molecule has 4 nitrogen and oxygen atoms in total. The average molecular weight is 282 g/mol. The molecule has 5 heteroatoms. The van der Waals surface area contributed by atoms with E-state index in [-0.39, 0.29) is 6.04 Å². The molecule has 19 heavy (non-hydrogen) atoms. The van der Waals surface area contributed by atoms with Gasteiger partial charge in [-0.25, -0.2) is 13.1 Å². The van der Waals surface area contributed by atoms with E-state index in [1.165, 1.54) is 12.8 Å². The van der Waals surface area contributed by atoms with Crippen molar-refractivity contribution in [3.05, 3.63) is 30.3 Å². The first kappa shape index (κ1) is 14.5. The van der Waals surface area contributed by atoms with Crippen LogP contribution < -0.4 is 10.0 Å². The Bertz CT molecular complexity index is 487. The van der Waals surface area contributed by atoms with Gasteiger partial charge in [0.25, 0.3) is 0 Å². The predicted molar refractivity (Wildman–Crippen MR) is 76.4 cm³/mol. The van der Waals surface area contributed by atoms with E-state index < -0.39 is 10.0 Å². The number of piperidine rings is 1. The predicted octanol–water partition coefficient (Wildman–Crippen LogP) is 1.74. The Morgan fingerprint density at radius 1 is 1.32 bits per heavy atom. The summed E-state index contributed by atoms with van der Waals surface area (Å²) in [6.45, 7) is 3.61. The van der Waals surface area contributed by atoms with Gasteiger partial charge in [-0.1, -0.05) is 31.5 Å². The zero-order valence-corrected chi connectivity index (χ0v) is 12.1. The van der Waals surface area contributed by atoms with Crippen molar-refractivity contribution in [1.29, 1.82) is 0 Å². The van der Waals surface area contributed by atoms with Crippen LogP contribution in [-0.2, 0) is 10.0 Å². The summed E-state index contributed by atoms with van der Waals surface area (Å²) < 4.78 is 27.0. The molecule has 0 spiro atoms. The molecule has 1 aliphatic rings. The first-order valence-electron chi connectivity index (χ1n) is 6.91. The molecule has 2 unspecified atom stereocenters. The molecule has 0 radical (unpaired) electrons. The van der Waals surface area contributed by atoms with Gasteiger partial charge >= 0.3 is 0 Å². The molecule has 0 aliphatic carbocycles. The summed E-state index contributed by atoms with van der Waals surface area (Å²) in [7, 11) is -3.38. The third-order valence-electron chi connectivity index (χ3n) is 3.80. The van der Waals surface area contributed by atoms with Gasteiger partial charge in [0.05, 0.1) is 4.90 Å². The van der Waals surface area contributed by atoms with E-state index in [0.717, 1.165) is 13.0 Å². The van der Waals surface area contributed by atoms with Gasteiger partial charge < -0.3 is 5.32 Å². The van der Waals surface area contributed by atoms with Crippen molar-refractivity contribution in [3.8, 4) is 0 Å². The van der Waals surface area contributed by atoms with Crippen LogP contribution in [0.25, 0.3) is 0 Å². The van der Waals surface area contributed by atoms with Crippen LogP contribution in [0, 0.1) is 5.92 Å². The number of nitrogens with one attached hydrogen (secondary N) is 2. The van der Waals surface area contributed by atoms with Crippen molar-refractivity contribution < 1.29 is 8.42 Å². The molecular formula is C14H22N2O2S. The normalized spacial score (nSPS) is 24.3. The summed E-state index contributed by atoms with van der Waals surface area (Å²) in [5.74, 6) is 0.562. The first-order chi connectivity index (χ1) is 9.13. The highest BCUT2D eigenvalue weighted by molar-refractivity contribution is 7.89. The van der Waals surface area contributed by atoms with Gasteiger partial charge in [0, 0.05) is 12.6 Å². The van der Waals surface area contributed by atoms with E-state index >= 15 is 0 Å². The fraction of sp³-hybridized carbons (Fsp3) is 0.571. The minimum Gasteiger partial charge on any atom is -0.312 e. The van der Waals surface area contributed by atoms with Crippen molar-refractivity contribution in [1.82, 2.24) is 10.0 Å². The lowest BCUT2D eigenvalue weighted by Crippen LogP contribution is -2.48. The van der Waals surface area contributed by atoms with E-state index in [0.29, 0.717) is 17.4 Å². The van der Waals surface area contributed by atoms with Gasteiger partial charge in [0.1, 0.15) is 0 Å². The van der Waals surface area contributed by atoms with Crippen molar-refractivity contribution in [2.24, 2.45) is 5.92 Å². The zero-order valence-electron chi connectivity index (χ0n) is 11.3. The Labute approximate surface area is 115 Å². The standard InChI is InChI=1S/C14H22N2O2S/c1-2-12-7-6-10-15-14(12)11-16-19(17,18)13-8-4-3-5-9-13/h3-5,8-9,12,14-16H,2,6-7,10-11H2,1H3. The smallest absolute Gasteiger partial charge is 0.240 e. The topological polar surface area (TPSA) is 58.2 Å². The molecule has 1 aliphatic heterocycles. The Hall–Kier alpha value is -0.910. The average Bonchev–Trinajstić information content (AvgIpc) is 2.46. The maximum absolute atomic E-state index is 12.1. The van der Waals surface area contributed by atoms with Crippen molar-refractivity contribution >= 4 is 10.0 Å². The molecule has 0 amide bonds. The van der Waals surface area contributed by atoms with Gasteiger partial charge in [-0.15, -0.1) is 0 Å². The summed E-state index contributed by atoms with van der Waals surface area (Å²) in [5, 5.41) is 3.42. The van der Waals surface area contributed by atoms with Crippen LogP contribution in [0.3, 0.4) is 0 Å². The first-order valence-corrected chi connectivity index (χ1v) is 8.40. The van der Waals surface area contributed by atoms with Crippen molar-refractivity contribution in [3.63, 3.8) is 0 Å². The second-order valence-electron chi connectivity index (χ2n) is 5.04. The van der Waals surface area contributed by atoms with E-state index in [1.807, 2.05) is 6.07 Å². The van der Waals surface area contributed by atoms with E-state index in [4.69, 9.17) is 0 Å². The van der Waals surface area contributed by atoms with Gasteiger partial charge in [-0.2, -0.15) is 0 Å². The molecule has 1 aromatic carbocycles. The number of hydrogen-bond acceptors (Lipinski definition) is 3. The molecule has 2 rings (SSSR count). The molecule has 0 saturated carbocycles. The number of hydrogen-bond donors (Lipinski definition) is 2. The van der Waals surface area contributed by atoms with Crippen LogP contribution in [0.1, 0.15) is 26.2 Å². The quantitative estimate of drug-likeness (QED) is 0.865. The molecule has 2 N–H and O–H groups in total. The van der Waals surface area contributed by atoms with E-state index in [1.54, 1.807) is 24.3 Å². The molecule has 2 atom stereocenters. The second kappa shape index (κ2) is 6.50. The van der Waals surface area contributed by atoms with Crippen LogP contribution in [-0.4, -0.2) is 27.5 Å². The molecule has 1 fully saturated rings. The lowest BCUT2D eigenvalue weighted by molar-refractivity contribution is 0.273. The molecular weight excluding hydrogens is 260 g/mol. The fourth-order valence-corrected chi connectivity index (χ4v) is 3.71. The molecule has 1 saturated heterocycles. The summed E-state index contributed by atoms with van der Waals surface area (Å²) in [6, 6.07) is 8.78. The zero-order chi connectivity index (χ0) is 13.7. The van der Waals surface area contributed by atoms with Crippen molar-refractivity contribution in [2.45, 2.75) is 37.1 Å². The van der Waals surface area contributed by atoms with Crippen molar-refractivity contribution in [2.75, 3.05) is 13.1 Å². The summed E-state index contributed by atoms with van der Waals surface area (Å²) in [4.78, 5) is 0.332. The molecule has 1 aromatic rings. The van der Waals surface area contributed by atoms with Gasteiger partial charge in [0.15, 0.2) is 0 Å². The lowest BCUT2D eigenvalue weighted by atomic mass is 9.89. The molecule has 0 aromatic heterocycles. The third-order valence-corrected chi connectivity index (χ3v) is 5.24. The number of benzene rings is 1. The van der Waals surface area contributed by atoms with Crippen LogP contribution >= 0.6 is 0 Å². The minimum atomic E-state index is -3.38. The summed E-state index contributed by atoms with van der Waals surface area (Å²) in [5.41, 5.74) is 0. The third kappa shape index (κ3) is 3.78. The Balaban J connectivity index is 1.98.